The molecule has 1 N–H and O–H groups in total. The third-order valence-electron chi connectivity index (χ3n) is 4.38. The number of hydrogen-bond donors (Lipinski definition) is 1. The number of carbonyl (C=O) groups excluding carboxylic acids is 1. The van der Waals surface area contributed by atoms with E-state index in [-0.39, 0.29) is 12.2 Å². The van der Waals surface area contributed by atoms with Gasteiger partial charge in [0.25, 0.3) is 0 Å². The monoisotopic (exact) mass is 354 g/mol. The van der Waals surface area contributed by atoms with E-state index < -0.39 is 11.7 Å². The Balaban J connectivity index is 2.13. The molecular weight excluding hydrogens is 332 g/mol. The minimum atomic E-state index is -0.497. The van der Waals surface area contributed by atoms with E-state index in [2.05, 4.69) is 6.58 Å². The zero-order valence-corrected chi connectivity index (χ0v) is 15.1. The maximum absolute atomic E-state index is 12.8. The van der Waals surface area contributed by atoms with Crippen LogP contribution in [-0.4, -0.2) is 29.7 Å². The summed E-state index contributed by atoms with van der Waals surface area (Å²) in [6.07, 6.45) is 9.18. The number of carbonyl (C=O) groups is 1. The second-order valence-electron chi connectivity index (χ2n) is 6.68. The number of hydrogen-bond acceptors (Lipinski definition) is 5. The Hall–Kier alpha value is -2.95. The van der Waals surface area contributed by atoms with E-state index in [4.69, 9.17) is 19.3 Å². The summed E-state index contributed by atoms with van der Waals surface area (Å²) < 4.78 is 17.6. The van der Waals surface area contributed by atoms with Gasteiger partial charge in [0, 0.05) is 6.07 Å². The minimum absolute atomic E-state index is 0.0742. The van der Waals surface area contributed by atoms with Gasteiger partial charge in [0.1, 0.15) is 34.5 Å². The molecule has 0 fully saturated rings. The lowest BCUT2D eigenvalue weighted by Crippen LogP contribution is -2.31. The first kappa shape index (κ1) is 17.9. The quantitative estimate of drug-likeness (QED) is 0.641. The first-order chi connectivity index (χ1) is 12.4. The van der Waals surface area contributed by atoms with Crippen LogP contribution < -0.4 is 14.2 Å². The van der Waals surface area contributed by atoms with Gasteiger partial charge in [0.15, 0.2) is 5.78 Å². The Kier molecular flexibility index (Phi) is 4.64. The van der Waals surface area contributed by atoms with Crippen LogP contribution in [-0.2, 0) is 0 Å². The maximum Gasteiger partial charge on any atom is 0.174 e. The lowest BCUT2D eigenvalue weighted by atomic mass is 9.91. The van der Waals surface area contributed by atoms with E-state index in [0.29, 0.717) is 28.4 Å². The standard InChI is InChI=1S/C21H22O5/c1-5-13(7-6-10-22)16-11-15(23)19-18(24-4)12-17-14(20(19)25-16)8-9-21(2,3)26-17/h5-10,12,16,22H,1,11H2,2-4H3/b10-6+,13-7+. The van der Waals surface area contributed by atoms with Crippen LogP contribution in [0.1, 0.15) is 36.2 Å². The van der Waals surface area contributed by atoms with Gasteiger partial charge in [-0.2, -0.15) is 0 Å². The van der Waals surface area contributed by atoms with E-state index in [1.54, 1.807) is 18.2 Å². The van der Waals surface area contributed by atoms with Crippen molar-refractivity contribution in [3.05, 3.63) is 59.9 Å². The highest BCUT2D eigenvalue weighted by atomic mass is 16.5. The molecule has 1 aromatic rings. The molecule has 0 saturated carbocycles. The molecule has 0 bridgehead atoms. The molecule has 2 heterocycles. The number of Topliss-reactive ketones (excluding diaryl/α,β-unsaturated/α-hetero) is 1. The second kappa shape index (κ2) is 6.75. The Bertz CT molecular complexity index is 842. The number of ether oxygens (including phenoxy) is 3. The predicted octanol–water partition coefficient (Wildman–Crippen LogP) is 4.40. The number of allylic oxidation sites excluding steroid dienone is 2. The lowest BCUT2D eigenvalue weighted by molar-refractivity contribution is 0.0879. The first-order valence-corrected chi connectivity index (χ1v) is 8.36. The van der Waals surface area contributed by atoms with Crippen molar-refractivity contribution in [2.75, 3.05) is 7.11 Å². The Morgan fingerprint density at radius 1 is 1.46 bits per heavy atom. The van der Waals surface area contributed by atoms with E-state index in [0.717, 1.165) is 11.8 Å². The third kappa shape index (κ3) is 3.12. The maximum atomic E-state index is 12.8. The van der Waals surface area contributed by atoms with Crippen LogP contribution in [0.15, 0.2) is 48.8 Å². The summed E-state index contributed by atoms with van der Waals surface area (Å²) in [5.74, 6) is 1.43. The first-order valence-electron chi connectivity index (χ1n) is 8.36. The Morgan fingerprint density at radius 2 is 2.23 bits per heavy atom. The van der Waals surface area contributed by atoms with Crippen molar-refractivity contribution in [3.8, 4) is 17.2 Å². The van der Waals surface area contributed by atoms with Gasteiger partial charge in [-0.1, -0.05) is 18.7 Å². The molecule has 0 aliphatic carbocycles. The molecule has 0 spiro atoms. The zero-order valence-electron chi connectivity index (χ0n) is 15.1. The van der Waals surface area contributed by atoms with Crippen LogP contribution in [0.5, 0.6) is 17.2 Å². The number of ketones is 1. The summed E-state index contributed by atoms with van der Waals surface area (Å²) in [6, 6.07) is 1.74. The smallest absolute Gasteiger partial charge is 0.174 e. The zero-order chi connectivity index (χ0) is 18.9. The summed E-state index contributed by atoms with van der Waals surface area (Å²) in [6.45, 7) is 7.67. The van der Waals surface area contributed by atoms with Crippen molar-refractivity contribution in [1.82, 2.24) is 0 Å². The van der Waals surface area contributed by atoms with E-state index in [1.807, 2.05) is 26.0 Å². The van der Waals surface area contributed by atoms with Gasteiger partial charge in [-0.15, -0.1) is 0 Å². The molecule has 1 aromatic carbocycles. The molecule has 136 valence electrons. The van der Waals surface area contributed by atoms with Crippen LogP contribution in [0.3, 0.4) is 0 Å². The van der Waals surface area contributed by atoms with Crippen LogP contribution in [0.4, 0.5) is 0 Å². The molecule has 5 nitrogen and oxygen atoms in total. The van der Waals surface area contributed by atoms with Gasteiger partial charge in [-0.3, -0.25) is 4.79 Å². The lowest BCUT2D eigenvalue weighted by Gasteiger charge is -2.33. The summed E-state index contributed by atoms with van der Waals surface area (Å²) in [5, 5.41) is 8.88. The van der Waals surface area contributed by atoms with Gasteiger partial charge in [0.05, 0.1) is 25.4 Å². The highest BCUT2D eigenvalue weighted by Crippen LogP contribution is 2.47. The SMILES string of the molecule is C=C/C(=C\C=C\O)C1CC(=O)c2c(OC)cc3c(c2O1)C=CC(C)(C)O3. The van der Waals surface area contributed by atoms with Crippen molar-refractivity contribution >= 4 is 11.9 Å². The van der Waals surface area contributed by atoms with E-state index >= 15 is 0 Å². The molecule has 0 radical (unpaired) electrons. The van der Waals surface area contributed by atoms with Crippen LogP contribution in [0, 0.1) is 0 Å². The predicted molar refractivity (Wildman–Crippen MR) is 100 cm³/mol. The van der Waals surface area contributed by atoms with Gasteiger partial charge in [-0.05, 0) is 37.6 Å². The molecular formula is C21H22O5. The molecule has 5 heteroatoms. The van der Waals surface area contributed by atoms with Gasteiger partial charge < -0.3 is 19.3 Å². The highest BCUT2D eigenvalue weighted by Gasteiger charge is 2.36. The largest absolute Gasteiger partial charge is 0.516 e. The van der Waals surface area contributed by atoms with Crippen LogP contribution in [0.2, 0.25) is 0 Å². The van der Waals surface area contributed by atoms with Crippen molar-refractivity contribution < 1.29 is 24.1 Å². The molecule has 0 amide bonds. The number of fused-ring (bicyclic) bond motifs is 3. The van der Waals surface area contributed by atoms with Crippen molar-refractivity contribution in [1.29, 1.82) is 0 Å². The van der Waals surface area contributed by atoms with Gasteiger partial charge in [0.2, 0.25) is 0 Å². The number of aliphatic hydroxyl groups excluding tert-OH is 1. The van der Waals surface area contributed by atoms with Gasteiger partial charge in [-0.25, -0.2) is 0 Å². The summed E-state index contributed by atoms with van der Waals surface area (Å²) in [4.78, 5) is 12.8. The number of methoxy groups -OCH3 is 1. The van der Waals surface area contributed by atoms with Gasteiger partial charge >= 0.3 is 0 Å². The summed E-state index contributed by atoms with van der Waals surface area (Å²) in [7, 11) is 1.52. The molecule has 26 heavy (non-hydrogen) atoms. The fraction of sp³-hybridized carbons (Fsp3) is 0.286. The van der Waals surface area contributed by atoms with E-state index in [9.17, 15) is 4.79 Å². The number of aliphatic hydroxyl groups is 1. The summed E-state index contributed by atoms with van der Waals surface area (Å²) in [5.41, 5.74) is 1.39. The topological polar surface area (TPSA) is 65.0 Å². The molecule has 1 unspecified atom stereocenters. The number of rotatable bonds is 4. The molecule has 0 saturated heterocycles. The Morgan fingerprint density at radius 3 is 2.88 bits per heavy atom. The van der Waals surface area contributed by atoms with Crippen molar-refractivity contribution in [3.63, 3.8) is 0 Å². The fourth-order valence-corrected chi connectivity index (χ4v) is 3.12. The Labute approximate surface area is 152 Å². The second-order valence-corrected chi connectivity index (χ2v) is 6.68. The number of benzene rings is 1. The van der Waals surface area contributed by atoms with E-state index in [1.165, 1.54) is 13.2 Å². The van der Waals surface area contributed by atoms with Crippen LogP contribution >= 0.6 is 0 Å². The molecule has 1 atom stereocenters. The van der Waals surface area contributed by atoms with Crippen LogP contribution in [0.25, 0.3) is 6.08 Å². The molecule has 3 rings (SSSR count). The molecule has 2 aliphatic rings. The minimum Gasteiger partial charge on any atom is -0.516 e. The molecule has 2 aliphatic heterocycles. The fourth-order valence-electron chi connectivity index (χ4n) is 3.12. The van der Waals surface area contributed by atoms with Crippen molar-refractivity contribution in [2.45, 2.75) is 32.0 Å². The van der Waals surface area contributed by atoms with Crippen molar-refractivity contribution in [2.24, 2.45) is 0 Å². The average Bonchev–Trinajstić information content (AvgIpc) is 2.60. The normalized spacial score (nSPS) is 20.8. The third-order valence-corrected chi connectivity index (χ3v) is 4.38. The highest BCUT2D eigenvalue weighted by molar-refractivity contribution is 6.04. The average molecular weight is 354 g/mol. The molecule has 0 aromatic heterocycles. The summed E-state index contributed by atoms with van der Waals surface area (Å²) >= 11 is 0.